The van der Waals surface area contributed by atoms with Crippen molar-refractivity contribution < 1.29 is 14.3 Å². The van der Waals surface area contributed by atoms with E-state index in [9.17, 15) is 14.3 Å². The van der Waals surface area contributed by atoms with Crippen LogP contribution in [-0.2, 0) is 0 Å². The van der Waals surface area contributed by atoms with Crippen molar-refractivity contribution in [2.24, 2.45) is 0 Å². The van der Waals surface area contributed by atoms with Gasteiger partial charge in [0.05, 0.1) is 30.2 Å². The predicted octanol–water partition coefficient (Wildman–Crippen LogP) is 2.68. The molecule has 1 aromatic carbocycles. The molecule has 3 N–H and O–H groups in total. The molecule has 0 saturated heterocycles. The molecule has 2 aromatic rings. The second-order valence-electron chi connectivity index (χ2n) is 5.67. The number of para-hydroxylation sites is 1. The summed E-state index contributed by atoms with van der Waals surface area (Å²) in [6, 6.07) is 5.79. The van der Waals surface area contributed by atoms with Crippen LogP contribution in [0.15, 0.2) is 36.7 Å². The summed E-state index contributed by atoms with van der Waals surface area (Å²) in [7, 11) is 0. The highest BCUT2D eigenvalue weighted by Crippen LogP contribution is 2.16. The summed E-state index contributed by atoms with van der Waals surface area (Å²) in [5, 5.41) is 18.8. The molecule has 6 nitrogen and oxygen atoms in total. The lowest BCUT2D eigenvalue weighted by atomic mass is 9.98. The van der Waals surface area contributed by atoms with Crippen LogP contribution >= 0.6 is 0 Å². The summed E-state index contributed by atoms with van der Waals surface area (Å²) in [6.07, 6.45) is 4.45. The number of amides is 2. The maximum absolute atomic E-state index is 13.7. The fourth-order valence-corrected chi connectivity index (χ4v) is 2.33. The van der Waals surface area contributed by atoms with Crippen LogP contribution in [0.4, 0.5) is 14.9 Å². The molecular formula is C16H21FN4O2. The van der Waals surface area contributed by atoms with Crippen molar-refractivity contribution >= 4 is 11.7 Å². The van der Waals surface area contributed by atoms with Crippen LogP contribution in [0.3, 0.4) is 0 Å². The molecule has 0 radical (unpaired) electrons. The second kappa shape index (κ2) is 7.23. The van der Waals surface area contributed by atoms with Crippen LogP contribution in [-0.4, -0.2) is 33.1 Å². The predicted molar refractivity (Wildman–Crippen MR) is 86.1 cm³/mol. The van der Waals surface area contributed by atoms with Gasteiger partial charge in [0.2, 0.25) is 0 Å². The number of aliphatic hydroxyl groups is 1. The van der Waals surface area contributed by atoms with E-state index in [-0.39, 0.29) is 6.61 Å². The monoisotopic (exact) mass is 320 g/mol. The minimum atomic E-state index is -0.680. The van der Waals surface area contributed by atoms with Crippen LogP contribution in [0.2, 0.25) is 0 Å². The van der Waals surface area contributed by atoms with E-state index in [0.717, 1.165) is 6.42 Å². The Labute approximate surface area is 134 Å². The Morgan fingerprint density at radius 2 is 2.17 bits per heavy atom. The largest absolute Gasteiger partial charge is 0.394 e. The zero-order valence-electron chi connectivity index (χ0n) is 13.2. The standard InChI is InChI=1S/C16H21FN4O2/c1-3-8-16(2,11-22)20-15(23)19-12-9-18-21(10-12)14-7-5-4-6-13(14)17/h4-7,9-10,22H,3,8,11H2,1-2H3,(H2,19,20,23). The molecule has 0 fully saturated rings. The summed E-state index contributed by atoms with van der Waals surface area (Å²) in [5.41, 5.74) is 0.0510. The van der Waals surface area contributed by atoms with Crippen LogP contribution in [0.1, 0.15) is 26.7 Å². The quantitative estimate of drug-likeness (QED) is 0.765. The van der Waals surface area contributed by atoms with Crippen LogP contribution < -0.4 is 10.6 Å². The van der Waals surface area contributed by atoms with Gasteiger partial charge in [-0.05, 0) is 25.5 Å². The highest BCUT2D eigenvalue weighted by atomic mass is 19.1. The summed E-state index contributed by atoms with van der Waals surface area (Å²) in [4.78, 5) is 12.0. The number of halogens is 1. The molecule has 1 unspecified atom stereocenters. The molecule has 1 aromatic heterocycles. The topological polar surface area (TPSA) is 79.2 Å². The van der Waals surface area contributed by atoms with Gasteiger partial charge in [-0.1, -0.05) is 25.5 Å². The van der Waals surface area contributed by atoms with Crippen molar-refractivity contribution in [2.45, 2.75) is 32.2 Å². The smallest absolute Gasteiger partial charge is 0.319 e. The highest BCUT2D eigenvalue weighted by Gasteiger charge is 2.24. The van der Waals surface area contributed by atoms with Gasteiger partial charge in [-0.3, -0.25) is 0 Å². The number of benzene rings is 1. The number of nitrogens with one attached hydrogen (secondary N) is 2. The van der Waals surface area contributed by atoms with Crippen LogP contribution in [0.25, 0.3) is 5.69 Å². The van der Waals surface area contributed by atoms with E-state index in [1.165, 1.54) is 23.1 Å². The Morgan fingerprint density at radius 1 is 1.43 bits per heavy atom. The number of anilines is 1. The van der Waals surface area contributed by atoms with Crippen molar-refractivity contribution in [2.75, 3.05) is 11.9 Å². The molecule has 1 atom stereocenters. The van der Waals surface area contributed by atoms with Gasteiger partial charge >= 0.3 is 6.03 Å². The van der Waals surface area contributed by atoms with Crippen molar-refractivity contribution in [1.82, 2.24) is 15.1 Å². The van der Waals surface area contributed by atoms with E-state index in [1.807, 2.05) is 6.92 Å². The third-order valence-electron chi connectivity index (χ3n) is 3.51. The van der Waals surface area contributed by atoms with E-state index in [4.69, 9.17) is 0 Å². The number of urea groups is 1. The van der Waals surface area contributed by atoms with E-state index in [2.05, 4.69) is 15.7 Å². The SMILES string of the molecule is CCCC(C)(CO)NC(=O)Nc1cnn(-c2ccccc2F)c1. The number of carbonyl (C=O) groups is 1. The molecule has 0 aliphatic heterocycles. The van der Waals surface area contributed by atoms with E-state index in [0.29, 0.717) is 17.8 Å². The molecular weight excluding hydrogens is 299 g/mol. The Hall–Kier alpha value is -2.41. The Morgan fingerprint density at radius 3 is 2.83 bits per heavy atom. The molecule has 0 aliphatic rings. The molecule has 2 amide bonds. The lowest BCUT2D eigenvalue weighted by Gasteiger charge is -2.28. The van der Waals surface area contributed by atoms with Gasteiger partial charge < -0.3 is 15.7 Å². The number of aromatic nitrogens is 2. The fraction of sp³-hybridized carbons (Fsp3) is 0.375. The molecule has 0 bridgehead atoms. The Balaban J connectivity index is 2.05. The van der Waals surface area contributed by atoms with Gasteiger partial charge in [-0.25, -0.2) is 13.9 Å². The van der Waals surface area contributed by atoms with Gasteiger partial charge in [0.25, 0.3) is 0 Å². The van der Waals surface area contributed by atoms with Crippen LogP contribution in [0.5, 0.6) is 0 Å². The number of aliphatic hydroxyl groups excluding tert-OH is 1. The van der Waals surface area contributed by atoms with Gasteiger partial charge in [0.15, 0.2) is 0 Å². The first kappa shape index (κ1) is 17.0. The number of carbonyl (C=O) groups excluding carboxylic acids is 1. The van der Waals surface area contributed by atoms with E-state index >= 15 is 0 Å². The summed E-state index contributed by atoms with van der Waals surface area (Å²) < 4.78 is 15.1. The minimum absolute atomic E-state index is 0.150. The van der Waals surface area contributed by atoms with Crippen molar-refractivity contribution in [3.05, 3.63) is 42.5 Å². The molecule has 1 heterocycles. The second-order valence-corrected chi connectivity index (χ2v) is 5.67. The third kappa shape index (κ3) is 4.29. The number of hydrogen-bond acceptors (Lipinski definition) is 3. The molecule has 0 aliphatic carbocycles. The normalized spacial score (nSPS) is 13.4. The van der Waals surface area contributed by atoms with Gasteiger partial charge in [0, 0.05) is 0 Å². The van der Waals surface area contributed by atoms with Crippen molar-refractivity contribution in [3.63, 3.8) is 0 Å². The van der Waals surface area contributed by atoms with Crippen molar-refractivity contribution in [1.29, 1.82) is 0 Å². The fourth-order valence-electron chi connectivity index (χ4n) is 2.33. The number of hydrogen-bond donors (Lipinski definition) is 3. The summed E-state index contributed by atoms with van der Waals surface area (Å²) >= 11 is 0. The highest BCUT2D eigenvalue weighted by molar-refractivity contribution is 5.89. The minimum Gasteiger partial charge on any atom is -0.394 e. The molecule has 7 heteroatoms. The van der Waals surface area contributed by atoms with Gasteiger partial charge in [-0.15, -0.1) is 0 Å². The maximum atomic E-state index is 13.7. The van der Waals surface area contributed by atoms with E-state index < -0.39 is 17.4 Å². The first-order chi connectivity index (χ1) is 11.0. The van der Waals surface area contributed by atoms with Gasteiger partial charge in [-0.2, -0.15) is 5.10 Å². The number of rotatable bonds is 6. The van der Waals surface area contributed by atoms with Gasteiger partial charge in [0.1, 0.15) is 11.5 Å². The molecule has 23 heavy (non-hydrogen) atoms. The zero-order chi connectivity index (χ0) is 16.9. The van der Waals surface area contributed by atoms with E-state index in [1.54, 1.807) is 25.1 Å². The molecule has 124 valence electrons. The first-order valence-corrected chi connectivity index (χ1v) is 7.47. The average molecular weight is 320 g/mol. The Kier molecular flexibility index (Phi) is 5.33. The third-order valence-corrected chi connectivity index (χ3v) is 3.51. The first-order valence-electron chi connectivity index (χ1n) is 7.47. The summed E-state index contributed by atoms with van der Waals surface area (Å²) in [6.45, 7) is 3.60. The molecule has 0 saturated carbocycles. The lowest BCUT2D eigenvalue weighted by molar-refractivity contribution is 0.167. The Bertz CT molecular complexity index is 674. The average Bonchev–Trinajstić information content (AvgIpc) is 2.96. The zero-order valence-corrected chi connectivity index (χ0v) is 13.2. The number of nitrogens with zero attached hydrogens (tertiary/aromatic N) is 2. The lowest BCUT2D eigenvalue weighted by Crippen LogP contribution is -2.50. The maximum Gasteiger partial charge on any atom is 0.319 e. The summed E-state index contributed by atoms with van der Waals surface area (Å²) in [5.74, 6) is -0.401. The van der Waals surface area contributed by atoms with Crippen molar-refractivity contribution in [3.8, 4) is 5.69 Å². The van der Waals surface area contributed by atoms with Crippen LogP contribution in [0, 0.1) is 5.82 Å². The molecule has 2 rings (SSSR count). The molecule has 0 spiro atoms.